The van der Waals surface area contributed by atoms with Crippen LogP contribution in [0.1, 0.15) is 53.6 Å². The van der Waals surface area contributed by atoms with E-state index < -0.39 is 11.9 Å². The molecule has 0 saturated carbocycles. The summed E-state index contributed by atoms with van der Waals surface area (Å²) in [5.41, 5.74) is 8.67. The Morgan fingerprint density at radius 3 is 2.48 bits per heavy atom. The number of aromatic nitrogens is 2. The highest BCUT2D eigenvalue weighted by Crippen LogP contribution is 2.33. The van der Waals surface area contributed by atoms with E-state index in [1.807, 2.05) is 75.4 Å². The number of rotatable bonds is 9. The fraction of sp³-hybridized carbons (Fsp3) is 0.281. The topological polar surface area (TPSA) is 94.4 Å². The minimum atomic E-state index is -0.549. The third-order valence-electron chi connectivity index (χ3n) is 7.15. The summed E-state index contributed by atoms with van der Waals surface area (Å²) in [5.74, 6) is -0.282. The number of furan rings is 1. The lowest BCUT2D eigenvalue weighted by molar-refractivity contribution is 0.0602. The first kappa shape index (κ1) is 27.3. The summed E-state index contributed by atoms with van der Waals surface area (Å²) in [6.07, 6.45) is 0.583. The van der Waals surface area contributed by atoms with E-state index in [0.29, 0.717) is 41.8 Å². The maximum absolute atomic E-state index is 14.1. The summed E-state index contributed by atoms with van der Waals surface area (Å²) in [7, 11) is 0. The Kier molecular flexibility index (Phi) is 7.80. The molecule has 8 heteroatoms. The molecule has 0 aliphatic carbocycles. The predicted molar refractivity (Wildman–Crippen MR) is 155 cm³/mol. The van der Waals surface area contributed by atoms with Crippen LogP contribution in [0.15, 0.2) is 82.0 Å². The van der Waals surface area contributed by atoms with Crippen LogP contribution in [0.25, 0.3) is 22.1 Å². The Morgan fingerprint density at radius 1 is 1.07 bits per heavy atom. The van der Waals surface area contributed by atoms with E-state index in [-0.39, 0.29) is 35.1 Å². The second kappa shape index (κ2) is 11.4. The molecule has 1 unspecified atom stereocenters. The lowest BCUT2D eigenvalue weighted by Gasteiger charge is -2.35. The zero-order valence-corrected chi connectivity index (χ0v) is 22.9. The second-order valence-electron chi connectivity index (χ2n) is 10.5. The van der Waals surface area contributed by atoms with E-state index in [1.165, 1.54) is 12.1 Å². The van der Waals surface area contributed by atoms with Crippen molar-refractivity contribution in [3.05, 3.63) is 111 Å². The smallest absolute Gasteiger partial charge is 0.297 e. The highest BCUT2D eigenvalue weighted by atomic mass is 19.1. The zero-order valence-electron chi connectivity index (χ0n) is 22.9. The van der Waals surface area contributed by atoms with Crippen LogP contribution < -0.4 is 11.3 Å². The first-order valence-corrected chi connectivity index (χ1v) is 13.5. The first-order valence-electron chi connectivity index (χ1n) is 13.5. The van der Waals surface area contributed by atoms with Gasteiger partial charge in [-0.1, -0.05) is 61.9 Å². The van der Waals surface area contributed by atoms with Gasteiger partial charge in [-0.2, -0.15) is 0 Å². The molecule has 0 spiro atoms. The molecule has 0 aliphatic rings. The van der Waals surface area contributed by atoms with Crippen molar-refractivity contribution in [2.24, 2.45) is 11.7 Å². The molecule has 40 heavy (non-hydrogen) atoms. The molecule has 5 aromatic rings. The Labute approximate surface area is 232 Å². The van der Waals surface area contributed by atoms with Crippen LogP contribution in [0.5, 0.6) is 0 Å². The number of nitrogens with zero attached hydrogens (tertiary/aromatic N) is 3. The summed E-state index contributed by atoms with van der Waals surface area (Å²) in [4.78, 5) is 34.9. The van der Waals surface area contributed by atoms with Gasteiger partial charge in [-0.25, -0.2) is 9.37 Å². The van der Waals surface area contributed by atoms with E-state index >= 15 is 0 Å². The lowest BCUT2D eigenvalue weighted by Crippen LogP contribution is -2.42. The number of carbonyl (C=O) groups is 1. The molecular formula is C32H33FN4O3. The molecule has 2 heterocycles. The SMILES string of the molecule is Cc1ccc(C(=O)N(CCCN)C(c2nc3c(oc4cc(F)ccc43)c(=O)n2Cc2ccccc2)C(C)C)cc1. The van der Waals surface area contributed by atoms with E-state index in [4.69, 9.17) is 15.1 Å². The van der Waals surface area contributed by atoms with Crippen molar-refractivity contribution < 1.29 is 13.6 Å². The Hall–Kier alpha value is -4.30. The highest BCUT2D eigenvalue weighted by Gasteiger charge is 2.33. The second-order valence-corrected chi connectivity index (χ2v) is 10.5. The van der Waals surface area contributed by atoms with Crippen molar-refractivity contribution >= 4 is 28.0 Å². The van der Waals surface area contributed by atoms with Crippen LogP contribution in [0, 0.1) is 18.7 Å². The van der Waals surface area contributed by atoms with Crippen molar-refractivity contribution in [3.8, 4) is 0 Å². The van der Waals surface area contributed by atoms with Gasteiger partial charge >= 0.3 is 0 Å². The molecule has 0 radical (unpaired) electrons. The Bertz CT molecular complexity index is 1710. The van der Waals surface area contributed by atoms with Crippen LogP contribution in [-0.2, 0) is 6.54 Å². The van der Waals surface area contributed by atoms with E-state index in [9.17, 15) is 14.0 Å². The quantitative estimate of drug-likeness (QED) is 0.254. The fourth-order valence-electron chi connectivity index (χ4n) is 5.15. The maximum Gasteiger partial charge on any atom is 0.297 e. The third kappa shape index (κ3) is 5.27. The summed E-state index contributed by atoms with van der Waals surface area (Å²) in [6, 6.07) is 20.6. The van der Waals surface area contributed by atoms with Gasteiger partial charge in [-0.05, 0) is 55.6 Å². The molecule has 2 aromatic heterocycles. The molecule has 0 aliphatic heterocycles. The van der Waals surface area contributed by atoms with E-state index in [0.717, 1.165) is 11.1 Å². The number of benzene rings is 3. The fourth-order valence-corrected chi connectivity index (χ4v) is 5.15. The molecule has 7 nitrogen and oxygen atoms in total. The molecule has 206 valence electrons. The van der Waals surface area contributed by atoms with Crippen molar-refractivity contribution in [3.63, 3.8) is 0 Å². The number of aryl methyl sites for hydroxylation is 1. The molecule has 2 N–H and O–H groups in total. The number of carbonyl (C=O) groups excluding carboxylic acids is 1. The average Bonchev–Trinajstić information content (AvgIpc) is 3.30. The largest absolute Gasteiger partial charge is 0.448 e. The summed E-state index contributed by atoms with van der Waals surface area (Å²) in [5, 5.41) is 0.544. The lowest BCUT2D eigenvalue weighted by atomic mass is 9.98. The number of fused-ring (bicyclic) bond motifs is 3. The van der Waals surface area contributed by atoms with Gasteiger partial charge in [0.05, 0.1) is 12.6 Å². The van der Waals surface area contributed by atoms with E-state index in [2.05, 4.69) is 0 Å². The van der Waals surface area contributed by atoms with Crippen molar-refractivity contribution in [2.45, 2.75) is 39.8 Å². The first-order chi connectivity index (χ1) is 19.3. The molecule has 0 saturated heterocycles. The molecule has 0 fully saturated rings. The molecular weight excluding hydrogens is 507 g/mol. The van der Waals surface area contributed by atoms with Crippen LogP contribution in [0.2, 0.25) is 0 Å². The van der Waals surface area contributed by atoms with Gasteiger partial charge in [0.15, 0.2) is 0 Å². The molecule has 1 amide bonds. The van der Waals surface area contributed by atoms with Gasteiger partial charge in [-0.15, -0.1) is 0 Å². The monoisotopic (exact) mass is 540 g/mol. The normalized spacial score (nSPS) is 12.3. The number of amides is 1. The number of hydrogen-bond acceptors (Lipinski definition) is 5. The average molecular weight is 541 g/mol. The predicted octanol–water partition coefficient (Wildman–Crippen LogP) is 5.83. The van der Waals surface area contributed by atoms with Crippen LogP contribution in [0.4, 0.5) is 4.39 Å². The standard InChI is InChI=1S/C32H33FN4O3/c1-20(2)28(36(17-7-16-34)31(38)23-12-10-21(3)11-13-23)30-35-27-25-15-14-24(33)18-26(25)40-29(27)32(39)37(30)19-22-8-5-4-6-9-22/h4-6,8-15,18,20,28H,7,16-17,19,34H2,1-3H3. The van der Waals surface area contributed by atoms with Crippen LogP contribution >= 0.6 is 0 Å². The number of halogens is 1. The van der Waals surface area contributed by atoms with Crippen LogP contribution in [0.3, 0.4) is 0 Å². The van der Waals surface area contributed by atoms with E-state index in [1.54, 1.807) is 15.5 Å². The number of hydrogen-bond donors (Lipinski definition) is 1. The van der Waals surface area contributed by atoms with Crippen molar-refractivity contribution in [1.82, 2.24) is 14.5 Å². The Balaban J connectivity index is 1.75. The molecule has 3 aromatic carbocycles. The van der Waals surface area contributed by atoms with Gasteiger partial charge in [0.1, 0.15) is 22.7 Å². The molecule has 5 rings (SSSR count). The number of nitrogens with two attached hydrogens (primary N) is 1. The minimum absolute atomic E-state index is 0.0566. The van der Waals surface area contributed by atoms with Gasteiger partial charge in [0.2, 0.25) is 5.58 Å². The van der Waals surface area contributed by atoms with Crippen molar-refractivity contribution in [2.75, 3.05) is 13.1 Å². The minimum Gasteiger partial charge on any atom is -0.448 e. The maximum atomic E-state index is 14.1. The van der Waals surface area contributed by atoms with Gasteiger partial charge in [0.25, 0.3) is 11.5 Å². The van der Waals surface area contributed by atoms with Gasteiger partial charge in [0, 0.05) is 23.6 Å². The zero-order chi connectivity index (χ0) is 28.4. The summed E-state index contributed by atoms with van der Waals surface area (Å²) in [6.45, 7) is 7.02. The van der Waals surface area contributed by atoms with Crippen molar-refractivity contribution in [1.29, 1.82) is 0 Å². The Morgan fingerprint density at radius 2 is 1.80 bits per heavy atom. The molecule has 0 bridgehead atoms. The third-order valence-corrected chi connectivity index (χ3v) is 7.15. The summed E-state index contributed by atoms with van der Waals surface area (Å²) < 4.78 is 21.5. The summed E-state index contributed by atoms with van der Waals surface area (Å²) >= 11 is 0. The highest BCUT2D eigenvalue weighted by molar-refractivity contribution is 6.02. The van der Waals surface area contributed by atoms with Gasteiger partial charge in [-0.3, -0.25) is 14.2 Å². The van der Waals surface area contributed by atoms with Gasteiger partial charge < -0.3 is 15.1 Å². The van der Waals surface area contributed by atoms with Crippen LogP contribution in [-0.4, -0.2) is 33.4 Å². The molecule has 1 atom stereocenters.